The molecule has 0 saturated carbocycles. The molecule has 21 heavy (non-hydrogen) atoms. The van der Waals surface area contributed by atoms with Crippen LogP contribution in [-0.2, 0) is 4.74 Å². The van der Waals surface area contributed by atoms with Crippen molar-refractivity contribution in [2.45, 2.75) is 26.0 Å². The van der Waals surface area contributed by atoms with Gasteiger partial charge in [-0.2, -0.15) is 0 Å². The van der Waals surface area contributed by atoms with E-state index in [0.717, 1.165) is 16.5 Å². The molecule has 1 saturated heterocycles. The minimum Gasteiger partial charge on any atom is -0.451 e. The molecular formula is C16H18ClNO3. The van der Waals surface area contributed by atoms with Crippen molar-refractivity contribution in [3.63, 3.8) is 0 Å². The highest BCUT2D eigenvalue weighted by molar-refractivity contribution is 6.18. The summed E-state index contributed by atoms with van der Waals surface area (Å²) in [5.41, 5.74) is 1.88. The van der Waals surface area contributed by atoms with Crippen LogP contribution in [0.2, 0.25) is 0 Å². The minimum absolute atomic E-state index is 0.0203. The Morgan fingerprint density at radius 1 is 1.43 bits per heavy atom. The van der Waals surface area contributed by atoms with E-state index in [1.54, 1.807) is 4.90 Å². The van der Waals surface area contributed by atoms with Crippen molar-refractivity contribution in [3.8, 4) is 0 Å². The smallest absolute Gasteiger partial charge is 0.290 e. The lowest BCUT2D eigenvalue weighted by Gasteiger charge is -2.36. The van der Waals surface area contributed by atoms with Gasteiger partial charge in [0.05, 0.1) is 24.6 Å². The molecule has 1 aromatic heterocycles. The molecule has 112 valence electrons. The fourth-order valence-corrected chi connectivity index (χ4v) is 2.79. The monoisotopic (exact) mass is 307 g/mol. The second kappa shape index (κ2) is 5.70. The maximum atomic E-state index is 12.7. The Labute approximate surface area is 128 Å². The summed E-state index contributed by atoms with van der Waals surface area (Å²) >= 11 is 5.84. The summed E-state index contributed by atoms with van der Waals surface area (Å²) in [6.07, 6.45) is -0.113. The number of fused-ring (bicyclic) bond motifs is 1. The van der Waals surface area contributed by atoms with Crippen molar-refractivity contribution >= 4 is 28.5 Å². The predicted molar refractivity (Wildman–Crippen MR) is 81.9 cm³/mol. The number of carbonyl (C=O) groups is 1. The minimum atomic E-state index is -0.113. The first kappa shape index (κ1) is 14.4. The Bertz CT molecular complexity index is 667. The Hall–Kier alpha value is -1.52. The van der Waals surface area contributed by atoms with E-state index in [9.17, 15) is 4.79 Å². The molecule has 1 aromatic carbocycles. The number of morpholine rings is 1. The standard InChI is InChI=1S/C16H18ClNO3/c1-10-3-4-14-12(5-10)6-15(21-14)16(19)18-8-13(7-17)20-9-11(18)2/h3-6,11,13H,7-9H2,1-2H3. The van der Waals surface area contributed by atoms with Crippen LogP contribution in [-0.4, -0.2) is 42.0 Å². The third-order valence-corrected chi connectivity index (χ3v) is 4.17. The first-order valence-corrected chi connectivity index (χ1v) is 7.60. The Morgan fingerprint density at radius 3 is 3.00 bits per heavy atom. The Kier molecular flexibility index (Phi) is 3.91. The number of halogens is 1. The summed E-state index contributed by atoms with van der Waals surface area (Å²) < 4.78 is 11.3. The molecule has 2 unspecified atom stereocenters. The van der Waals surface area contributed by atoms with Crippen LogP contribution >= 0.6 is 11.6 Å². The summed E-state index contributed by atoms with van der Waals surface area (Å²) in [6.45, 7) is 4.99. The van der Waals surface area contributed by atoms with Gasteiger partial charge >= 0.3 is 0 Å². The second-order valence-corrected chi connectivity index (χ2v) is 5.88. The van der Waals surface area contributed by atoms with Crippen LogP contribution in [0.1, 0.15) is 23.0 Å². The van der Waals surface area contributed by atoms with Crippen molar-refractivity contribution in [1.82, 2.24) is 4.90 Å². The largest absolute Gasteiger partial charge is 0.451 e. The summed E-state index contributed by atoms with van der Waals surface area (Å²) in [7, 11) is 0. The average Bonchev–Trinajstić information content (AvgIpc) is 2.90. The van der Waals surface area contributed by atoms with Gasteiger partial charge in [-0.3, -0.25) is 4.79 Å². The van der Waals surface area contributed by atoms with E-state index in [1.165, 1.54) is 0 Å². The molecule has 2 aromatic rings. The van der Waals surface area contributed by atoms with Gasteiger partial charge in [-0.15, -0.1) is 11.6 Å². The van der Waals surface area contributed by atoms with Crippen LogP contribution in [0.25, 0.3) is 11.0 Å². The maximum absolute atomic E-state index is 12.7. The van der Waals surface area contributed by atoms with Crippen molar-refractivity contribution in [2.24, 2.45) is 0 Å². The lowest BCUT2D eigenvalue weighted by atomic mass is 10.1. The number of nitrogens with zero attached hydrogens (tertiary/aromatic N) is 1. The van der Waals surface area contributed by atoms with Crippen molar-refractivity contribution < 1.29 is 13.9 Å². The van der Waals surface area contributed by atoms with E-state index < -0.39 is 0 Å². The summed E-state index contributed by atoms with van der Waals surface area (Å²) in [5.74, 6) is 0.656. The molecule has 1 amide bonds. The lowest BCUT2D eigenvalue weighted by Crippen LogP contribution is -2.51. The SMILES string of the molecule is Cc1ccc2oc(C(=O)N3CC(CCl)OCC3C)cc2c1. The molecule has 0 bridgehead atoms. The zero-order valence-corrected chi connectivity index (χ0v) is 12.9. The average molecular weight is 308 g/mol. The molecule has 0 radical (unpaired) electrons. The van der Waals surface area contributed by atoms with Gasteiger partial charge in [-0.05, 0) is 32.0 Å². The van der Waals surface area contributed by atoms with Crippen LogP contribution in [0.4, 0.5) is 0 Å². The molecule has 1 fully saturated rings. The number of alkyl halides is 1. The molecule has 3 rings (SSSR count). The summed E-state index contributed by atoms with van der Waals surface area (Å²) in [6, 6.07) is 7.71. The molecule has 2 atom stereocenters. The third-order valence-electron chi connectivity index (χ3n) is 3.82. The van der Waals surface area contributed by atoms with Gasteiger partial charge in [0.2, 0.25) is 0 Å². The molecular weight excluding hydrogens is 290 g/mol. The van der Waals surface area contributed by atoms with Crippen LogP contribution in [0.3, 0.4) is 0 Å². The number of aryl methyl sites for hydroxylation is 1. The van der Waals surface area contributed by atoms with Gasteiger partial charge in [0.15, 0.2) is 5.76 Å². The van der Waals surface area contributed by atoms with Crippen molar-refractivity contribution in [3.05, 3.63) is 35.6 Å². The van der Waals surface area contributed by atoms with E-state index in [0.29, 0.717) is 24.8 Å². The number of hydrogen-bond acceptors (Lipinski definition) is 3. The number of furan rings is 1. The van der Waals surface area contributed by atoms with Gasteiger partial charge in [0.25, 0.3) is 5.91 Å². The number of rotatable bonds is 2. The lowest BCUT2D eigenvalue weighted by molar-refractivity contribution is -0.0380. The predicted octanol–water partition coefficient (Wildman–Crippen LogP) is 3.21. The van der Waals surface area contributed by atoms with E-state index in [1.807, 2.05) is 38.1 Å². The molecule has 5 heteroatoms. The molecule has 4 nitrogen and oxygen atoms in total. The molecule has 1 aliphatic rings. The number of benzene rings is 1. The topological polar surface area (TPSA) is 42.7 Å². The second-order valence-electron chi connectivity index (χ2n) is 5.57. The van der Waals surface area contributed by atoms with Gasteiger partial charge in [0.1, 0.15) is 5.58 Å². The molecule has 1 aliphatic heterocycles. The van der Waals surface area contributed by atoms with Crippen LogP contribution < -0.4 is 0 Å². The normalized spacial score (nSPS) is 22.7. The van der Waals surface area contributed by atoms with Gasteiger partial charge in [-0.1, -0.05) is 11.6 Å². The summed E-state index contributed by atoms with van der Waals surface area (Å²) in [4.78, 5) is 14.4. The van der Waals surface area contributed by atoms with Gasteiger partial charge in [-0.25, -0.2) is 0 Å². The van der Waals surface area contributed by atoms with E-state index in [4.69, 9.17) is 20.8 Å². The number of carbonyl (C=O) groups excluding carboxylic acids is 1. The molecule has 0 N–H and O–H groups in total. The van der Waals surface area contributed by atoms with E-state index in [2.05, 4.69) is 0 Å². The fourth-order valence-electron chi connectivity index (χ4n) is 2.60. The third kappa shape index (κ3) is 2.78. The van der Waals surface area contributed by atoms with E-state index >= 15 is 0 Å². The fraction of sp³-hybridized carbons (Fsp3) is 0.438. The Morgan fingerprint density at radius 2 is 2.24 bits per heavy atom. The quantitative estimate of drug-likeness (QED) is 0.800. The molecule has 2 heterocycles. The molecule has 0 spiro atoms. The van der Waals surface area contributed by atoms with E-state index in [-0.39, 0.29) is 18.1 Å². The highest BCUT2D eigenvalue weighted by Gasteiger charge is 2.31. The zero-order valence-electron chi connectivity index (χ0n) is 12.1. The maximum Gasteiger partial charge on any atom is 0.290 e. The van der Waals surface area contributed by atoms with Gasteiger partial charge < -0.3 is 14.1 Å². The first-order chi connectivity index (χ1) is 10.1. The molecule has 0 aliphatic carbocycles. The number of ether oxygens (including phenoxy) is 1. The van der Waals surface area contributed by atoms with Crippen molar-refractivity contribution in [2.75, 3.05) is 19.0 Å². The highest BCUT2D eigenvalue weighted by Crippen LogP contribution is 2.23. The number of amides is 1. The Balaban J connectivity index is 1.88. The highest BCUT2D eigenvalue weighted by atomic mass is 35.5. The van der Waals surface area contributed by atoms with Gasteiger partial charge in [0, 0.05) is 11.9 Å². The van der Waals surface area contributed by atoms with Crippen molar-refractivity contribution in [1.29, 1.82) is 0 Å². The first-order valence-electron chi connectivity index (χ1n) is 7.07. The zero-order chi connectivity index (χ0) is 15.0. The number of hydrogen-bond donors (Lipinski definition) is 0. The van der Waals surface area contributed by atoms with Crippen LogP contribution in [0.5, 0.6) is 0 Å². The van der Waals surface area contributed by atoms with Crippen LogP contribution in [0, 0.1) is 6.92 Å². The summed E-state index contributed by atoms with van der Waals surface area (Å²) in [5, 5.41) is 0.952. The van der Waals surface area contributed by atoms with Crippen LogP contribution in [0.15, 0.2) is 28.7 Å².